The lowest BCUT2D eigenvalue weighted by Crippen LogP contribution is -2.38. The van der Waals surface area contributed by atoms with Crippen LogP contribution in [0.5, 0.6) is 0 Å². The predicted molar refractivity (Wildman–Crippen MR) is 94.9 cm³/mol. The van der Waals surface area contributed by atoms with Crippen LogP contribution in [0.25, 0.3) is 0 Å². The summed E-state index contributed by atoms with van der Waals surface area (Å²) < 4.78 is 53.2. The van der Waals surface area contributed by atoms with Gasteiger partial charge in [0.15, 0.2) is 0 Å². The largest absolute Gasteiger partial charge is 0.243 e. The Labute approximate surface area is 145 Å². The Bertz CT molecular complexity index is 788. The molecular formula is C16H26N2O4S2. The van der Waals surface area contributed by atoms with E-state index in [1.807, 2.05) is 19.9 Å². The molecule has 0 radical (unpaired) electrons. The second-order valence-corrected chi connectivity index (χ2v) is 10.2. The van der Waals surface area contributed by atoms with E-state index < -0.39 is 20.0 Å². The summed E-state index contributed by atoms with van der Waals surface area (Å²) in [6.45, 7) is 6.59. The molecule has 1 aliphatic rings. The van der Waals surface area contributed by atoms with E-state index in [4.69, 9.17) is 0 Å². The second-order valence-electron chi connectivity index (χ2n) is 6.24. The van der Waals surface area contributed by atoms with Gasteiger partial charge in [0.1, 0.15) is 0 Å². The van der Waals surface area contributed by atoms with Gasteiger partial charge in [-0.2, -0.15) is 4.31 Å². The van der Waals surface area contributed by atoms with Gasteiger partial charge in [-0.05, 0) is 43.9 Å². The lowest BCUT2D eigenvalue weighted by Gasteiger charge is -2.22. The smallest absolute Gasteiger partial charge is 0.212 e. The van der Waals surface area contributed by atoms with E-state index in [0.29, 0.717) is 36.4 Å². The lowest BCUT2D eigenvalue weighted by atomic mass is 10.2. The molecule has 0 unspecified atom stereocenters. The highest BCUT2D eigenvalue weighted by Gasteiger charge is 2.31. The summed E-state index contributed by atoms with van der Waals surface area (Å²) in [6, 6.07) is 5.37. The summed E-state index contributed by atoms with van der Waals surface area (Å²) in [6.07, 6.45) is 1.07. The van der Waals surface area contributed by atoms with Crippen LogP contribution < -0.4 is 0 Å². The lowest BCUT2D eigenvalue weighted by molar-refractivity contribution is 0.404. The van der Waals surface area contributed by atoms with Gasteiger partial charge in [-0.25, -0.2) is 21.1 Å². The van der Waals surface area contributed by atoms with Crippen molar-refractivity contribution in [3.05, 3.63) is 29.3 Å². The molecule has 2 rings (SSSR count). The minimum atomic E-state index is -3.61. The van der Waals surface area contributed by atoms with Gasteiger partial charge in [-0.3, -0.25) is 0 Å². The number of nitrogens with zero attached hydrogens (tertiary/aromatic N) is 2. The molecule has 0 N–H and O–H groups in total. The highest BCUT2D eigenvalue weighted by molar-refractivity contribution is 7.89. The molecule has 24 heavy (non-hydrogen) atoms. The molecule has 1 saturated heterocycles. The molecule has 0 bridgehead atoms. The van der Waals surface area contributed by atoms with E-state index in [1.165, 1.54) is 8.61 Å². The molecule has 8 heteroatoms. The highest BCUT2D eigenvalue weighted by atomic mass is 32.2. The summed E-state index contributed by atoms with van der Waals surface area (Å²) in [5, 5.41) is 0. The number of benzene rings is 1. The quantitative estimate of drug-likeness (QED) is 0.787. The van der Waals surface area contributed by atoms with Crippen molar-refractivity contribution in [1.82, 2.24) is 8.61 Å². The van der Waals surface area contributed by atoms with Crippen LogP contribution in [0.2, 0.25) is 0 Å². The average Bonchev–Trinajstić information content (AvgIpc) is 2.76. The van der Waals surface area contributed by atoms with E-state index in [2.05, 4.69) is 0 Å². The molecule has 6 nitrogen and oxygen atoms in total. The van der Waals surface area contributed by atoms with Crippen molar-refractivity contribution in [2.24, 2.45) is 0 Å². The summed E-state index contributed by atoms with van der Waals surface area (Å²) in [5.74, 6) is 0.108. The molecule has 0 aliphatic carbocycles. The van der Waals surface area contributed by atoms with Gasteiger partial charge >= 0.3 is 0 Å². The minimum absolute atomic E-state index is 0.108. The Morgan fingerprint density at radius 1 is 0.958 bits per heavy atom. The maximum atomic E-state index is 13.0. The zero-order chi connectivity index (χ0) is 18.0. The van der Waals surface area contributed by atoms with Crippen LogP contribution in [0.3, 0.4) is 0 Å². The molecule has 0 spiro atoms. The molecule has 0 saturated carbocycles. The fraction of sp³-hybridized carbons (Fsp3) is 0.625. The number of hydrogen-bond donors (Lipinski definition) is 0. The molecule has 1 aromatic carbocycles. The first-order valence-corrected chi connectivity index (χ1v) is 11.3. The summed E-state index contributed by atoms with van der Waals surface area (Å²) in [5.41, 5.74) is 1.60. The van der Waals surface area contributed by atoms with Gasteiger partial charge < -0.3 is 0 Å². The molecule has 1 aliphatic heterocycles. The normalized spacial score (nSPS) is 18.5. The number of rotatable bonds is 5. The molecule has 1 fully saturated rings. The molecular weight excluding hydrogens is 348 g/mol. The van der Waals surface area contributed by atoms with Crippen LogP contribution >= 0.6 is 0 Å². The van der Waals surface area contributed by atoms with Crippen LogP contribution in [-0.2, 0) is 20.0 Å². The minimum Gasteiger partial charge on any atom is -0.212 e. The monoisotopic (exact) mass is 374 g/mol. The van der Waals surface area contributed by atoms with Gasteiger partial charge in [0.05, 0.1) is 10.6 Å². The third-order valence-electron chi connectivity index (χ3n) is 4.23. The standard InChI is InChI=1S/C16H26N2O4S2/c1-4-12-23(19,20)17-8-5-9-18(11-10-17)24(21,22)16-13-14(2)6-7-15(16)3/h6-7,13H,4-5,8-12H2,1-3H3. The van der Waals surface area contributed by atoms with Crippen molar-refractivity contribution < 1.29 is 16.8 Å². The Morgan fingerprint density at radius 2 is 1.58 bits per heavy atom. The van der Waals surface area contributed by atoms with E-state index in [1.54, 1.807) is 19.1 Å². The molecule has 1 heterocycles. The SMILES string of the molecule is CCCS(=O)(=O)N1CCCN(S(=O)(=O)c2cc(C)ccc2C)CC1. The van der Waals surface area contributed by atoms with E-state index in [0.717, 1.165) is 5.56 Å². The van der Waals surface area contributed by atoms with Gasteiger partial charge in [0, 0.05) is 26.2 Å². The molecule has 136 valence electrons. The fourth-order valence-corrected chi connectivity index (χ4v) is 6.22. The van der Waals surface area contributed by atoms with E-state index >= 15 is 0 Å². The third-order valence-corrected chi connectivity index (χ3v) is 8.35. The molecule has 0 atom stereocenters. The van der Waals surface area contributed by atoms with Crippen LogP contribution in [0.1, 0.15) is 30.9 Å². The van der Waals surface area contributed by atoms with Crippen molar-refractivity contribution in [1.29, 1.82) is 0 Å². The summed E-state index contributed by atoms with van der Waals surface area (Å²) >= 11 is 0. The van der Waals surface area contributed by atoms with Crippen molar-refractivity contribution in [3.8, 4) is 0 Å². The Kier molecular flexibility index (Phi) is 6.06. The fourth-order valence-electron chi connectivity index (χ4n) is 2.90. The zero-order valence-corrected chi connectivity index (χ0v) is 16.2. The summed E-state index contributed by atoms with van der Waals surface area (Å²) in [4.78, 5) is 0.312. The van der Waals surface area contributed by atoms with E-state index in [9.17, 15) is 16.8 Å². The van der Waals surface area contributed by atoms with Gasteiger partial charge in [0.2, 0.25) is 20.0 Å². The van der Waals surface area contributed by atoms with Crippen LogP contribution in [-0.4, -0.2) is 57.4 Å². The van der Waals surface area contributed by atoms with Crippen molar-refractivity contribution >= 4 is 20.0 Å². The van der Waals surface area contributed by atoms with Crippen LogP contribution in [0.15, 0.2) is 23.1 Å². The second kappa shape index (κ2) is 7.51. The van der Waals surface area contributed by atoms with Gasteiger partial charge in [-0.15, -0.1) is 0 Å². The molecule has 0 amide bonds. The highest BCUT2D eigenvalue weighted by Crippen LogP contribution is 2.23. The van der Waals surface area contributed by atoms with E-state index in [-0.39, 0.29) is 18.8 Å². The molecule has 0 aromatic heterocycles. The van der Waals surface area contributed by atoms with Gasteiger partial charge in [-0.1, -0.05) is 19.1 Å². The first-order chi connectivity index (χ1) is 11.2. The predicted octanol–water partition coefficient (Wildman–Crippen LogP) is 1.74. The first-order valence-electron chi connectivity index (χ1n) is 8.23. The van der Waals surface area contributed by atoms with Gasteiger partial charge in [0.25, 0.3) is 0 Å². The summed E-state index contributed by atoms with van der Waals surface area (Å²) in [7, 11) is -6.90. The Morgan fingerprint density at radius 3 is 2.25 bits per heavy atom. The Hall–Kier alpha value is -0.960. The number of aryl methyl sites for hydroxylation is 2. The average molecular weight is 375 g/mol. The number of hydrogen-bond acceptors (Lipinski definition) is 4. The zero-order valence-electron chi connectivity index (χ0n) is 14.5. The Balaban J connectivity index is 2.23. The topological polar surface area (TPSA) is 74.8 Å². The maximum Gasteiger partial charge on any atom is 0.243 e. The van der Waals surface area contributed by atoms with Crippen molar-refractivity contribution in [3.63, 3.8) is 0 Å². The molecule has 1 aromatic rings. The van der Waals surface area contributed by atoms with Crippen LogP contribution in [0.4, 0.5) is 0 Å². The van der Waals surface area contributed by atoms with Crippen LogP contribution in [0, 0.1) is 13.8 Å². The third kappa shape index (κ3) is 4.17. The van der Waals surface area contributed by atoms with Crippen molar-refractivity contribution in [2.75, 3.05) is 31.9 Å². The van der Waals surface area contributed by atoms with Crippen molar-refractivity contribution in [2.45, 2.75) is 38.5 Å². The first kappa shape index (κ1) is 19.4. The number of sulfonamides is 2. The maximum absolute atomic E-state index is 13.0.